The highest BCUT2D eigenvalue weighted by Gasteiger charge is 2.33. The van der Waals surface area contributed by atoms with Gasteiger partial charge in [-0.05, 0) is 48.7 Å². The molecule has 3 heterocycles. The molecule has 0 bridgehead atoms. The van der Waals surface area contributed by atoms with Gasteiger partial charge in [-0.3, -0.25) is 9.88 Å². The minimum atomic E-state index is -0.685. The second-order valence-electron chi connectivity index (χ2n) is 7.54. The van der Waals surface area contributed by atoms with E-state index in [1.807, 2.05) is 30.5 Å². The molecule has 1 aliphatic heterocycles. The van der Waals surface area contributed by atoms with E-state index in [9.17, 15) is 5.11 Å². The summed E-state index contributed by atoms with van der Waals surface area (Å²) in [6.07, 6.45) is 5.32. The third-order valence-electron chi connectivity index (χ3n) is 5.64. The van der Waals surface area contributed by atoms with Crippen molar-refractivity contribution >= 4 is 11.0 Å². The Balaban J connectivity index is 1.39. The molecular weight excluding hydrogens is 354 g/mol. The predicted octanol–water partition coefficient (Wildman–Crippen LogP) is 3.08. The summed E-state index contributed by atoms with van der Waals surface area (Å²) in [6.45, 7) is 3.17. The minimum absolute atomic E-state index is 0.604. The van der Waals surface area contributed by atoms with Crippen LogP contribution >= 0.6 is 0 Å². The van der Waals surface area contributed by atoms with Gasteiger partial charge < -0.3 is 19.1 Å². The molecule has 4 rings (SSSR count). The van der Waals surface area contributed by atoms with Gasteiger partial charge in [-0.2, -0.15) is 0 Å². The number of ether oxygens (including phenoxy) is 2. The van der Waals surface area contributed by atoms with Gasteiger partial charge in [0, 0.05) is 32.0 Å². The van der Waals surface area contributed by atoms with E-state index >= 15 is 0 Å². The molecule has 0 spiro atoms. The summed E-state index contributed by atoms with van der Waals surface area (Å²) in [5.41, 5.74) is 2.54. The van der Waals surface area contributed by atoms with Crippen LogP contribution in [0.15, 0.2) is 48.8 Å². The monoisotopic (exact) mass is 381 g/mol. The first kappa shape index (κ1) is 18.8. The molecule has 2 aromatic heterocycles. The fraction of sp³-hybridized carbons (Fsp3) is 0.409. The van der Waals surface area contributed by atoms with Crippen LogP contribution in [0.4, 0.5) is 0 Å². The van der Waals surface area contributed by atoms with E-state index < -0.39 is 5.60 Å². The van der Waals surface area contributed by atoms with E-state index in [-0.39, 0.29) is 0 Å². The Morgan fingerprint density at radius 1 is 1.07 bits per heavy atom. The van der Waals surface area contributed by atoms with Crippen LogP contribution < -0.4 is 9.47 Å². The van der Waals surface area contributed by atoms with Crippen LogP contribution in [0.5, 0.6) is 11.5 Å². The lowest BCUT2D eigenvalue weighted by Crippen LogP contribution is -2.46. The fourth-order valence-electron chi connectivity index (χ4n) is 4.00. The second-order valence-corrected chi connectivity index (χ2v) is 7.54. The lowest BCUT2D eigenvalue weighted by atomic mass is 9.91. The van der Waals surface area contributed by atoms with Crippen LogP contribution in [-0.4, -0.2) is 52.5 Å². The topological polar surface area (TPSA) is 59.8 Å². The molecule has 0 amide bonds. The second kappa shape index (κ2) is 7.81. The van der Waals surface area contributed by atoms with Gasteiger partial charge in [0.05, 0.1) is 37.4 Å². The lowest BCUT2D eigenvalue weighted by Gasteiger charge is -2.38. The summed E-state index contributed by atoms with van der Waals surface area (Å²) in [6, 6.07) is 12.0. The number of nitrogens with zero attached hydrogens (tertiary/aromatic N) is 3. The third-order valence-corrected chi connectivity index (χ3v) is 5.64. The lowest BCUT2D eigenvalue weighted by molar-refractivity contribution is -0.0349. The van der Waals surface area contributed by atoms with E-state index in [2.05, 4.69) is 26.6 Å². The molecule has 1 aliphatic rings. The number of hydrogen-bond acceptors (Lipinski definition) is 5. The molecule has 6 nitrogen and oxygen atoms in total. The first-order valence-corrected chi connectivity index (χ1v) is 9.66. The minimum Gasteiger partial charge on any atom is -0.493 e. The van der Waals surface area contributed by atoms with Gasteiger partial charge in [-0.15, -0.1) is 0 Å². The Kier molecular flexibility index (Phi) is 5.24. The number of pyridine rings is 1. The molecule has 1 N–H and O–H groups in total. The maximum Gasteiger partial charge on any atom is 0.161 e. The molecular formula is C22H27N3O3. The SMILES string of the molecule is COc1ccc(CN2CCC(O)(Cn3ccc4ncccc43)CC2)cc1OC. The quantitative estimate of drug-likeness (QED) is 0.711. The first-order valence-electron chi connectivity index (χ1n) is 9.66. The number of benzene rings is 1. The summed E-state index contributed by atoms with van der Waals surface area (Å²) >= 11 is 0. The molecule has 6 heteroatoms. The normalized spacial score (nSPS) is 17.0. The van der Waals surface area contributed by atoms with Crippen molar-refractivity contribution in [2.45, 2.75) is 31.5 Å². The number of fused-ring (bicyclic) bond motifs is 1. The van der Waals surface area contributed by atoms with Crippen molar-refractivity contribution in [1.82, 2.24) is 14.5 Å². The van der Waals surface area contributed by atoms with Gasteiger partial charge in [-0.25, -0.2) is 0 Å². The largest absolute Gasteiger partial charge is 0.493 e. The molecule has 0 saturated carbocycles. The number of likely N-dealkylation sites (tertiary alicyclic amines) is 1. The highest BCUT2D eigenvalue weighted by atomic mass is 16.5. The van der Waals surface area contributed by atoms with Gasteiger partial charge in [0.25, 0.3) is 0 Å². The summed E-state index contributed by atoms with van der Waals surface area (Å²) in [4.78, 5) is 6.75. The number of methoxy groups -OCH3 is 2. The van der Waals surface area contributed by atoms with Gasteiger partial charge in [0.2, 0.25) is 0 Å². The van der Waals surface area contributed by atoms with Crippen molar-refractivity contribution in [3.05, 3.63) is 54.4 Å². The number of piperidine rings is 1. The number of aromatic nitrogens is 2. The van der Waals surface area contributed by atoms with Crippen molar-refractivity contribution in [3.63, 3.8) is 0 Å². The zero-order valence-corrected chi connectivity index (χ0v) is 16.5. The Morgan fingerprint density at radius 3 is 2.61 bits per heavy atom. The molecule has 0 unspecified atom stereocenters. The highest BCUT2D eigenvalue weighted by Crippen LogP contribution is 2.30. The van der Waals surface area contributed by atoms with Crippen molar-refractivity contribution in [3.8, 4) is 11.5 Å². The van der Waals surface area contributed by atoms with Crippen molar-refractivity contribution < 1.29 is 14.6 Å². The molecule has 1 saturated heterocycles. The predicted molar refractivity (Wildman–Crippen MR) is 109 cm³/mol. The summed E-state index contributed by atoms with van der Waals surface area (Å²) in [5, 5.41) is 11.1. The van der Waals surface area contributed by atoms with Crippen LogP contribution in [0.1, 0.15) is 18.4 Å². The van der Waals surface area contributed by atoms with Gasteiger partial charge in [0.1, 0.15) is 0 Å². The smallest absolute Gasteiger partial charge is 0.161 e. The first-order chi connectivity index (χ1) is 13.6. The van der Waals surface area contributed by atoms with Crippen LogP contribution in [0.2, 0.25) is 0 Å². The Bertz CT molecular complexity index is 945. The molecule has 3 aromatic rings. The molecule has 0 atom stereocenters. The molecule has 148 valence electrons. The Hall–Kier alpha value is -2.57. The number of aliphatic hydroxyl groups is 1. The van der Waals surface area contributed by atoms with Crippen LogP contribution in [0.25, 0.3) is 11.0 Å². The molecule has 1 aromatic carbocycles. The molecule has 1 fully saturated rings. The third kappa shape index (κ3) is 3.84. The van der Waals surface area contributed by atoms with Gasteiger partial charge >= 0.3 is 0 Å². The fourth-order valence-corrected chi connectivity index (χ4v) is 4.00. The highest BCUT2D eigenvalue weighted by molar-refractivity contribution is 5.75. The van der Waals surface area contributed by atoms with E-state index in [1.54, 1.807) is 20.4 Å². The standard InChI is InChI=1S/C22H27N3O3/c1-27-20-6-5-17(14-21(20)28-2)15-24-12-8-22(26,9-13-24)16-25-11-7-18-19(25)4-3-10-23-18/h3-7,10-11,14,26H,8-9,12-13,15-16H2,1-2H3. The van der Waals surface area contributed by atoms with Crippen molar-refractivity contribution in [2.24, 2.45) is 0 Å². The number of rotatable bonds is 6. The summed E-state index contributed by atoms with van der Waals surface area (Å²) in [5.74, 6) is 1.49. The van der Waals surface area contributed by atoms with Crippen molar-refractivity contribution in [1.29, 1.82) is 0 Å². The maximum atomic E-state index is 11.1. The Morgan fingerprint density at radius 2 is 1.86 bits per heavy atom. The van der Waals surface area contributed by atoms with E-state index in [4.69, 9.17) is 9.47 Å². The van der Waals surface area contributed by atoms with Crippen LogP contribution in [0.3, 0.4) is 0 Å². The van der Waals surface area contributed by atoms with E-state index in [0.717, 1.165) is 55.0 Å². The van der Waals surface area contributed by atoms with Crippen LogP contribution in [0, 0.1) is 0 Å². The summed E-state index contributed by atoms with van der Waals surface area (Å²) in [7, 11) is 3.30. The number of hydrogen-bond donors (Lipinski definition) is 1. The van der Waals surface area contributed by atoms with E-state index in [0.29, 0.717) is 6.54 Å². The summed E-state index contributed by atoms with van der Waals surface area (Å²) < 4.78 is 12.8. The van der Waals surface area contributed by atoms with Gasteiger partial charge in [-0.1, -0.05) is 6.07 Å². The van der Waals surface area contributed by atoms with Crippen molar-refractivity contribution in [2.75, 3.05) is 27.3 Å². The average Bonchev–Trinajstić information content (AvgIpc) is 3.12. The molecule has 0 aliphatic carbocycles. The Labute approximate surface area is 165 Å². The van der Waals surface area contributed by atoms with Crippen LogP contribution in [-0.2, 0) is 13.1 Å². The maximum absolute atomic E-state index is 11.1. The molecule has 28 heavy (non-hydrogen) atoms. The zero-order valence-electron chi connectivity index (χ0n) is 16.5. The zero-order chi connectivity index (χ0) is 19.6. The molecule has 0 radical (unpaired) electrons. The van der Waals surface area contributed by atoms with Gasteiger partial charge in [0.15, 0.2) is 11.5 Å². The van der Waals surface area contributed by atoms with E-state index in [1.165, 1.54) is 5.56 Å². The average molecular weight is 381 g/mol.